The largest absolute Gasteiger partial charge is 0.447 e. The summed E-state index contributed by atoms with van der Waals surface area (Å²) in [7, 11) is 0. The van der Waals surface area contributed by atoms with Gasteiger partial charge in [-0.2, -0.15) is 0 Å². The highest BCUT2D eigenvalue weighted by atomic mass is 16.6. The molecular weight excluding hydrogens is 290 g/mol. The van der Waals surface area contributed by atoms with Gasteiger partial charge < -0.3 is 4.74 Å². The number of unbranched alkanes of at least 4 members (excludes halogenated alkanes) is 1. The predicted octanol–water partition coefficient (Wildman–Crippen LogP) is 3.96. The van der Waals surface area contributed by atoms with Crippen molar-refractivity contribution in [2.24, 2.45) is 5.92 Å². The number of ether oxygens (including phenoxy) is 1. The van der Waals surface area contributed by atoms with E-state index in [1.165, 1.54) is 4.90 Å². The first-order chi connectivity index (χ1) is 11.1. The van der Waals surface area contributed by atoms with Gasteiger partial charge in [0.05, 0.1) is 6.04 Å². The summed E-state index contributed by atoms with van der Waals surface area (Å²) in [6.45, 7) is 4.16. The van der Waals surface area contributed by atoms with E-state index < -0.39 is 6.09 Å². The summed E-state index contributed by atoms with van der Waals surface area (Å²) >= 11 is 0. The number of cyclic esters (lactones) is 1. The fraction of sp³-hybridized carbons (Fsp3) is 0.474. The number of rotatable bonds is 7. The molecule has 2 rings (SSSR count). The summed E-state index contributed by atoms with van der Waals surface area (Å²) < 4.78 is 5.12. The minimum Gasteiger partial charge on any atom is -0.447 e. The zero-order valence-electron chi connectivity index (χ0n) is 13.9. The van der Waals surface area contributed by atoms with E-state index in [9.17, 15) is 9.59 Å². The van der Waals surface area contributed by atoms with Gasteiger partial charge in [0.1, 0.15) is 6.61 Å². The van der Waals surface area contributed by atoms with E-state index in [4.69, 9.17) is 4.74 Å². The number of hydrogen-bond donors (Lipinski definition) is 0. The average molecular weight is 315 g/mol. The number of imide groups is 1. The molecule has 1 fully saturated rings. The molecule has 124 valence electrons. The first kappa shape index (κ1) is 17.3. The summed E-state index contributed by atoms with van der Waals surface area (Å²) in [5, 5.41) is 0. The maximum Gasteiger partial charge on any atom is 0.416 e. The lowest BCUT2D eigenvalue weighted by atomic mass is 10.00. The van der Waals surface area contributed by atoms with Crippen LogP contribution in [0.3, 0.4) is 0 Å². The van der Waals surface area contributed by atoms with Gasteiger partial charge in [0.25, 0.3) is 0 Å². The molecule has 0 radical (unpaired) electrons. The second-order valence-corrected chi connectivity index (χ2v) is 6.03. The first-order valence-electron chi connectivity index (χ1n) is 8.28. The summed E-state index contributed by atoms with van der Waals surface area (Å²) in [4.78, 5) is 25.9. The van der Waals surface area contributed by atoms with Gasteiger partial charge in [-0.3, -0.25) is 4.79 Å². The molecule has 1 aliphatic rings. The van der Waals surface area contributed by atoms with Crippen molar-refractivity contribution in [3.63, 3.8) is 0 Å². The van der Waals surface area contributed by atoms with E-state index in [1.807, 2.05) is 50.3 Å². The van der Waals surface area contributed by atoms with Gasteiger partial charge in [0.15, 0.2) is 0 Å². The van der Waals surface area contributed by atoms with Crippen molar-refractivity contribution in [2.45, 2.75) is 45.6 Å². The summed E-state index contributed by atoms with van der Waals surface area (Å²) in [5.74, 6) is -0.280. The zero-order valence-corrected chi connectivity index (χ0v) is 13.9. The third-order valence-electron chi connectivity index (χ3n) is 4.18. The number of nitrogens with zero attached hydrogens (tertiary/aromatic N) is 1. The Bertz CT molecular complexity index is 553. The summed E-state index contributed by atoms with van der Waals surface area (Å²) in [6, 6.07) is 9.69. The highest BCUT2D eigenvalue weighted by Gasteiger charge is 2.39. The Morgan fingerprint density at radius 2 is 2.13 bits per heavy atom. The van der Waals surface area contributed by atoms with E-state index in [0.29, 0.717) is 6.42 Å². The molecule has 1 aromatic carbocycles. The molecule has 0 spiro atoms. The molecule has 0 aliphatic carbocycles. The normalized spacial score (nSPS) is 19.1. The van der Waals surface area contributed by atoms with Crippen LogP contribution in [0.15, 0.2) is 42.5 Å². The quantitative estimate of drug-likeness (QED) is 0.565. The van der Waals surface area contributed by atoms with Crippen molar-refractivity contribution in [3.8, 4) is 0 Å². The highest BCUT2D eigenvalue weighted by molar-refractivity contribution is 5.94. The third-order valence-corrected chi connectivity index (χ3v) is 4.18. The first-order valence-corrected chi connectivity index (χ1v) is 8.28. The predicted molar refractivity (Wildman–Crippen MR) is 90.0 cm³/mol. The van der Waals surface area contributed by atoms with Gasteiger partial charge in [-0.25, -0.2) is 9.69 Å². The highest BCUT2D eigenvalue weighted by Crippen LogP contribution is 2.22. The number of carbonyl (C=O) groups is 2. The van der Waals surface area contributed by atoms with Crippen molar-refractivity contribution in [3.05, 3.63) is 48.0 Å². The topological polar surface area (TPSA) is 46.6 Å². The summed E-state index contributed by atoms with van der Waals surface area (Å²) in [6.07, 6.45) is 6.94. The van der Waals surface area contributed by atoms with Crippen LogP contribution in [0.5, 0.6) is 0 Å². The Morgan fingerprint density at radius 3 is 2.83 bits per heavy atom. The van der Waals surface area contributed by atoms with E-state index >= 15 is 0 Å². The molecule has 2 atom stereocenters. The lowest BCUT2D eigenvalue weighted by molar-refractivity contribution is -0.133. The van der Waals surface area contributed by atoms with Crippen LogP contribution in [0.25, 0.3) is 0 Å². The zero-order chi connectivity index (χ0) is 16.7. The molecule has 0 unspecified atom stereocenters. The van der Waals surface area contributed by atoms with Crippen molar-refractivity contribution in [1.29, 1.82) is 0 Å². The van der Waals surface area contributed by atoms with E-state index in [2.05, 4.69) is 6.08 Å². The lowest BCUT2D eigenvalue weighted by Crippen LogP contribution is -2.43. The maximum absolute atomic E-state index is 12.6. The minimum atomic E-state index is -0.503. The molecule has 1 aliphatic heterocycles. The van der Waals surface area contributed by atoms with E-state index in [0.717, 1.165) is 24.8 Å². The molecule has 1 aromatic rings. The van der Waals surface area contributed by atoms with Crippen molar-refractivity contribution < 1.29 is 14.3 Å². The standard InChI is InChI=1S/C19H25NO3/c1-3-4-5-7-10-15(2)18(21)20-17(14-23-19(20)22)13-16-11-8-6-9-12-16/h3-4,6,8-9,11-12,15,17H,5,7,10,13-14H2,1-2H3/b4-3+/t15-,17-/m0/s1. The van der Waals surface area contributed by atoms with Crippen LogP contribution in [0.2, 0.25) is 0 Å². The van der Waals surface area contributed by atoms with Crippen molar-refractivity contribution >= 4 is 12.0 Å². The second-order valence-electron chi connectivity index (χ2n) is 6.03. The van der Waals surface area contributed by atoms with Crippen LogP contribution >= 0.6 is 0 Å². The molecule has 23 heavy (non-hydrogen) atoms. The molecule has 4 nitrogen and oxygen atoms in total. The maximum atomic E-state index is 12.6. The SMILES string of the molecule is C/C=C/CCC[C@H](C)C(=O)N1C(=O)OC[C@@H]1Cc1ccccc1. The third kappa shape index (κ3) is 4.68. The van der Waals surface area contributed by atoms with Crippen LogP contribution in [-0.2, 0) is 16.0 Å². The van der Waals surface area contributed by atoms with Gasteiger partial charge >= 0.3 is 6.09 Å². The lowest BCUT2D eigenvalue weighted by Gasteiger charge is -2.23. The van der Waals surface area contributed by atoms with Gasteiger partial charge in [-0.05, 0) is 38.2 Å². The fourth-order valence-electron chi connectivity index (χ4n) is 2.84. The Labute approximate surface area is 138 Å². The Hall–Kier alpha value is -2.10. The number of amides is 2. The Morgan fingerprint density at radius 1 is 1.39 bits per heavy atom. The number of benzene rings is 1. The molecule has 0 aromatic heterocycles. The van der Waals surface area contributed by atoms with Crippen LogP contribution in [0.1, 0.15) is 38.7 Å². The molecule has 0 saturated carbocycles. The van der Waals surface area contributed by atoms with Crippen molar-refractivity contribution in [1.82, 2.24) is 4.90 Å². The van der Waals surface area contributed by atoms with Crippen molar-refractivity contribution in [2.75, 3.05) is 6.61 Å². The molecule has 4 heteroatoms. The minimum absolute atomic E-state index is 0.117. The van der Waals surface area contributed by atoms with Gasteiger partial charge in [-0.1, -0.05) is 49.4 Å². The van der Waals surface area contributed by atoms with E-state index in [1.54, 1.807) is 0 Å². The molecule has 1 saturated heterocycles. The molecule has 1 heterocycles. The number of hydrogen-bond acceptors (Lipinski definition) is 3. The van der Waals surface area contributed by atoms with Crippen LogP contribution in [0.4, 0.5) is 4.79 Å². The smallest absolute Gasteiger partial charge is 0.416 e. The van der Waals surface area contributed by atoms with Gasteiger partial charge in [0, 0.05) is 5.92 Å². The molecule has 0 N–H and O–H groups in total. The van der Waals surface area contributed by atoms with Crippen LogP contribution < -0.4 is 0 Å². The Kier molecular flexibility index (Phi) is 6.39. The van der Waals surface area contributed by atoms with Crippen LogP contribution in [0, 0.1) is 5.92 Å². The fourth-order valence-corrected chi connectivity index (χ4v) is 2.84. The molecule has 2 amide bonds. The summed E-state index contributed by atoms with van der Waals surface area (Å²) in [5.41, 5.74) is 1.11. The van der Waals surface area contributed by atoms with Gasteiger partial charge in [-0.15, -0.1) is 0 Å². The van der Waals surface area contributed by atoms with Gasteiger partial charge in [0.2, 0.25) is 5.91 Å². The Balaban J connectivity index is 1.96. The van der Waals surface area contributed by atoms with E-state index in [-0.39, 0.29) is 24.5 Å². The number of allylic oxidation sites excluding steroid dienone is 2. The van der Waals surface area contributed by atoms with Crippen LogP contribution in [-0.4, -0.2) is 29.5 Å². The number of carbonyl (C=O) groups excluding carboxylic acids is 2. The average Bonchev–Trinajstić information content (AvgIpc) is 2.92. The molecule has 0 bridgehead atoms. The second kappa shape index (κ2) is 8.51. The monoisotopic (exact) mass is 315 g/mol. The molecular formula is C19H25NO3.